The number of ether oxygens (including phenoxy) is 3. The van der Waals surface area contributed by atoms with Crippen molar-refractivity contribution in [2.24, 2.45) is 0 Å². The Labute approximate surface area is 152 Å². The average molecular weight is 377 g/mol. The molecule has 26 heavy (non-hydrogen) atoms. The number of carbonyl (C=O) groups excluding carboxylic acids is 1. The molecular formula is C15H15N5O5S. The molecule has 0 spiro atoms. The number of hydrogen-bond acceptors (Lipinski definition) is 10. The van der Waals surface area contributed by atoms with Gasteiger partial charge in [0.05, 0.1) is 24.8 Å². The van der Waals surface area contributed by atoms with Gasteiger partial charge in [-0.05, 0) is 11.4 Å². The van der Waals surface area contributed by atoms with E-state index in [4.69, 9.17) is 18.6 Å². The van der Waals surface area contributed by atoms with Crippen molar-refractivity contribution in [3.63, 3.8) is 0 Å². The van der Waals surface area contributed by atoms with Crippen LogP contribution in [0.15, 0.2) is 28.1 Å². The number of aromatic nitrogens is 4. The van der Waals surface area contributed by atoms with Crippen LogP contribution in [0.5, 0.6) is 11.9 Å². The number of thiophene rings is 1. The number of anilines is 1. The lowest BCUT2D eigenvalue weighted by molar-refractivity contribution is 0.101. The molecule has 0 radical (unpaired) electrons. The summed E-state index contributed by atoms with van der Waals surface area (Å²) in [4.78, 5) is 21.2. The molecule has 0 fully saturated rings. The predicted octanol–water partition coefficient (Wildman–Crippen LogP) is 1.87. The number of nitrogens with one attached hydrogen (secondary N) is 1. The van der Waals surface area contributed by atoms with Gasteiger partial charge in [0.2, 0.25) is 5.88 Å². The number of nitrogens with zero attached hydrogens (tertiary/aromatic N) is 4. The van der Waals surface area contributed by atoms with Gasteiger partial charge < -0.3 is 18.6 Å². The van der Waals surface area contributed by atoms with Crippen LogP contribution >= 0.6 is 11.3 Å². The van der Waals surface area contributed by atoms with E-state index in [2.05, 4.69) is 25.5 Å². The molecule has 0 atom stereocenters. The van der Waals surface area contributed by atoms with E-state index in [1.165, 1.54) is 24.6 Å². The molecule has 136 valence electrons. The van der Waals surface area contributed by atoms with Crippen LogP contribution < -0.4 is 14.8 Å². The number of amides is 1. The summed E-state index contributed by atoms with van der Waals surface area (Å²) in [6, 6.07) is 3.73. The zero-order valence-electron chi connectivity index (χ0n) is 14.0. The van der Waals surface area contributed by atoms with E-state index in [1.54, 1.807) is 7.11 Å². The maximum absolute atomic E-state index is 12.4. The first-order valence-corrected chi connectivity index (χ1v) is 8.30. The minimum atomic E-state index is -0.549. The van der Waals surface area contributed by atoms with Crippen LogP contribution in [0.2, 0.25) is 0 Å². The Bertz CT molecular complexity index is 867. The zero-order chi connectivity index (χ0) is 18.4. The van der Waals surface area contributed by atoms with Crippen molar-refractivity contribution in [2.45, 2.75) is 0 Å². The summed E-state index contributed by atoms with van der Waals surface area (Å²) in [6.07, 6.45) is 1.29. The Morgan fingerprint density at radius 3 is 2.92 bits per heavy atom. The molecule has 1 amide bonds. The second-order valence-corrected chi connectivity index (χ2v) is 5.71. The molecule has 3 aromatic rings. The van der Waals surface area contributed by atoms with Crippen molar-refractivity contribution in [2.75, 3.05) is 32.8 Å². The van der Waals surface area contributed by atoms with Crippen LogP contribution in [-0.2, 0) is 4.74 Å². The van der Waals surface area contributed by atoms with Gasteiger partial charge in [0, 0.05) is 7.11 Å². The molecule has 0 aliphatic rings. The first-order valence-electron chi connectivity index (χ1n) is 7.42. The van der Waals surface area contributed by atoms with Gasteiger partial charge in [-0.25, -0.2) is 4.98 Å². The molecule has 0 aliphatic heterocycles. The molecule has 3 aromatic heterocycles. The third-order valence-corrected chi connectivity index (χ3v) is 3.92. The fourth-order valence-electron chi connectivity index (χ4n) is 1.89. The van der Waals surface area contributed by atoms with Gasteiger partial charge in [-0.1, -0.05) is 11.2 Å². The van der Waals surface area contributed by atoms with Crippen LogP contribution in [0, 0.1) is 0 Å². The number of hydrogen-bond donors (Lipinski definition) is 1. The van der Waals surface area contributed by atoms with Gasteiger partial charge in [0.1, 0.15) is 12.2 Å². The maximum Gasteiger partial charge on any atom is 0.322 e. The molecule has 10 nitrogen and oxygen atoms in total. The van der Waals surface area contributed by atoms with Crippen molar-refractivity contribution in [1.82, 2.24) is 20.2 Å². The highest BCUT2D eigenvalue weighted by molar-refractivity contribution is 7.13. The molecule has 0 saturated carbocycles. The Morgan fingerprint density at radius 2 is 2.19 bits per heavy atom. The van der Waals surface area contributed by atoms with Gasteiger partial charge >= 0.3 is 12.0 Å². The van der Waals surface area contributed by atoms with Crippen molar-refractivity contribution < 1.29 is 23.4 Å². The summed E-state index contributed by atoms with van der Waals surface area (Å²) < 4.78 is 20.7. The highest BCUT2D eigenvalue weighted by Gasteiger charge is 2.19. The summed E-state index contributed by atoms with van der Waals surface area (Å²) in [7, 11) is 2.94. The fraction of sp³-hybridized carbons (Fsp3) is 0.267. The number of methoxy groups -OCH3 is 2. The van der Waals surface area contributed by atoms with E-state index in [1.807, 2.05) is 17.5 Å². The Balaban J connectivity index is 1.71. The number of carbonyl (C=O) groups is 1. The average Bonchev–Trinajstić information content (AvgIpc) is 3.33. The van der Waals surface area contributed by atoms with Crippen molar-refractivity contribution in [1.29, 1.82) is 0 Å². The zero-order valence-corrected chi connectivity index (χ0v) is 14.8. The molecule has 0 aromatic carbocycles. The minimum absolute atomic E-state index is 0.0409. The van der Waals surface area contributed by atoms with Gasteiger partial charge in [-0.15, -0.1) is 16.4 Å². The van der Waals surface area contributed by atoms with Crippen LogP contribution in [-0.4, -0.2) is 53.5 Å². The highest BCUT2D eigenvalue weighted by Crippen LogP contribution is 2.25. The maximum atomic E-state index is 12.4. The third-order valence-electron chi connectivity index (χ3n) is 3.07. The van der Waals surface area contributed by atoms with Crippen molar-refractivity contribution >= 4 is 23.3 Å². The van der Waals surface area contributed by atoms with Gasteiger partial charge in [-0.3, -0.25) is 10.1 Å². The lowest BCUT2D eigenvalue weighted by atomic mass is 10.3. The molecule has 0 saturated heterocycles. The quantitative estimate of drug-likeness (QED) is 0.586. The second-order valence-electron chi connectivity index (χ2n) is 4.76. The summed E-state index contributed by atoms with van der Waals surface area (Å²) in [6.45, 7) is 0.663. The van der Waals surface area contributed by atoms with Crippen molar-refractivity contribution in [3.05, 3.63) is 29.3 Å². The van der Waals surface area contributed by atoms with Gasteiger partial charge in [-0.2, -0.15) is 4.98 Å². The monoisotopic (exact) mass is 377 g/mol. The largest absolute Gasteiger partial charge is 0.480 e. The molecule has 0 bridgehead atoms. The van der Waals surface area contributed by atoms with Gasteiger partial charge in [0.15, 0.2) is 0 Å². The van der Waals surface area contributed by atoms with E-state index in [0.717, 1.165) is 4.88 Å². The molecule has 3 rings (SSSR count). The second kappa shape index (κ2) is 8.36. The lowest BCUT2D eigenvalue weighted by Gasteiger charge is -2.08. The Morgan fingerprint density at radius 1 is 1.31 bits per heavy atom. The minimum Gasteiger partial charge on any atom is -0.480 e. The topological polar surface area (TPSA) is 121 Å². The highest BCUT2D eigenvalue weighted by atomic mass is 32.1. The standard InChI is InChI=1S/C15H15N5O5S/c1-22-5-6-24-14-16-8-9(12(18-14)23-2)11(21)17-15-20-19-13(25-15)10-4-3-7-26-10/h3-4,7-8H,5-6H2,1-2H3,(H,17,20,21). The summed E-state index contributed by atoms with van der Waals surface area (Å²) >= 11 is 1.45. The summed E-state index contributed by atoms with van der Waals surface area (Å²) in [5.74, 6) is -0.171. The van der Waals surface area contributed by atoms with Crippen LogP contribution in [0.3, 0.4) is 0 Å². The van der Waals surface area contributed by atoms with Crippen LogP contribution in [0.25, 0.3) is 10.8 Å². The van der Waals surface area contributed by atoms with E-state index in [9.17, 15) is 4.79 Å². The normalized spacial score (nSPS) is 10.5. The van der Waals surface area contributed by atoms with Crippen LogP contribution in [0.1, 0.15) is 10.4 Å². The summed E-state index contributed by atoms with van der Waals surface area (Å²) in [5.41, 5.74) is 0.0995. The molecule has 0 aliphatic carbocycles. The van der Waals surface area contributed by atoms with E-state index < -0.39 is 5.91 Å². The Hall–Kier alpha value is -3.05. The first kappa shape index (κ1) is 17.8. The number of rotatable bonds is 8. The first-order chi connectivity index (χ1) is 12.7. The van der Waals surface area contributed by atoms with E-state index in [-0.39, 0.29) is 30.1 Å². The molecule has 0 unspecified atom stereocenters. The van der Waals surface area contributed by atoms with E-state index >= 15 is 0 Å². The molecule has 11 heteroatoms. The third kappa shape index (κ3) is 4.13. The molecule has 3 heterocycles. The predicted molar refractivity (Wildman–Crippen MR) is 91.5 cm³/mol. The van der Waals surface area contributed by atoms with Crippen molar-refractivity contribution in [3.8, 4) is 22.7 Å². The molecule has 1 N–H and O–H groups in total. The van der Waals surface area contributed by atoms with Gasteiger partial charge in [0.25, 0.3) is 11.8 Å². The van der Waals surface area contributed by atoms with Crippen LogP contribution in [0.4, 0.5) is 6.01 Å². The van der Waals surface area contributed by atoms with E-state index in [0.29, 0.717) is 12.5 Å². The molecular weight excluding hydrogens is 362 g/mol. The SMILES string of the molecule is COCCOc1ncc(C(=O)Nc2nnc(-c3cccs3)o2)c(OC)n1. The summed E-state index contributed by atoms with van der Waals surface area (Å²) in [5, 5.41) is 12.1. The smallest absolute Gasteiger partial charge is 0.322 e. The Kier molecular flexibility index (Phi) is 5.71. The fourth-order valence-corrected chi connectivity index (χ4v) is 2.53. The lowest BCUT2D eigenvalue weighted by Crippen LogP contribution is -2.15.